The molecule has 0 aliphatic carbocycles. The number of hydrogen-bond acceptors (Lipinski definition) is 4. The zero-order valence-electron chi connectivity index (χ0n) is 8.20. The third kappa shape index (κ3) is 2.27. The van der Waals surface area contributed by atoms with E-state index in [9.17, 15) is 19.3 Å². The summed E-state index contributed by atoms with van der Waals surface area (Å²) >= 11 is 5.49. The van der Waals surface area contributed by atoms with Crippen LogP contribution in [0.3, 0.4) is 0 Å². The van der Waals surface area contributed by atoms with Gasteiger partial charge in [0.2, 0.25) is 5.82 Å². The second-order valence-corrected chi connectivity index (χ2v) is 3.12. The maximum Gasteiger partial charge on any atom is 0.339 e. The third-order valence-electron chi connectivity index (χ3n) is 1.75. The molecule has 86 valence electrons. The Labute approximate surface area is 94.9 Å². The SMILES string of the molecule is CCOC(=O)c1ccc([N+](=O)[O-])c(F)c1Cl. The summed E-state index contributed by atoms with van der Waals surface area (Å²) in [6, 6.07) is 1.93. The first-order valence-electron chi connectivity index (χ1n) is 4.28. The smallest absolute Gasteiger partial charge is 0.339 e. The van der Waals surface area contributed by atoms with E-state index in [1.54, 1.807) is 6.92 Å². The number of nitro benzene ring substituents is 1. The van der Waals surface area contributed by atoms with Gasteiger partial charge in [-0.25, -0.2) is 4.79 Å². The molecular formula is C9H7ClFNO4. The van der Waals surface area contributed by atoms with Gasteiger partial charge in [-0.15, -0.1) is 0 Å². The van der Waals surface area contributed by atoms with Crippen LogP contribution < -0.4 is 0 Å². The molecule has 0 bridgehead atoms. The van der Waals surface area contributed by atoms with Crippen molar-refractivity contribution >= 4 is 23.3 Å². The molecule has 0 unspecified atom stereocenters. The molecule has 0 heterocycles. The van der Waals surface area contributed by atoms with Gasteiger partial charge in [0.25, 0.3) is 0 Å². The highest BCUT2D eigenvalue weighted by atomic mass is 35.5. The van der Waals surface area contributed by atoms with Crippen LogP contribution in [-0.2, 0) is 4.74 Å². The summed E-state index contributed by atoms with van der Waals surface area (Å²) in [5, 5.41) is 9.77. The van der Waals surface area contributed by atoms with Crippen LogP contribution in [0.5, 0.6) is 0 Å². The summed E-state index contributed by atoms with van der Waals surface area (Å²) in [6.07, 6.45) is 0. The van der Waals surface area contributed by atoms with Gasteiger partial charge in [-0.2, -0.15) is 4.39 Å². The number of nitrogens with zero attached hydrogens (tertiary/aromatic N) is 1. The van der Waals surface area contributed by atoms with E-state index in [0.29, 0.717) is 0 Å². The molecule has 1 aromatic rings. The van der Waals surface area contributed by atoms with Gasteiger partial charge < -0.3 is 4.74 Å². The second-order valence-electron chi connectivity index (χ2n) is 2.74. The molecule has 0 amide bonds. The molecule has 0 atom stereocenters. The number of carbonyl (C=O) groups is 1. The molecule has 0 N–H and O–H groups in total. The average Bonchev–Trinajstić information content (AvgIpc) is 2.21. The Kier molecular flexibility index (Phi) is 3.78. The third-order valence-corrected chi connectivity index (χ3v) is 2.12. The van der Waals surface area contributed by atoms with E-state index in [0.717, 1.165) is 12.1 Å². The normalized spacial score (nSPS) is 9.94. The minimum atomic E-state index is -1.24. The zero-order valence-corrected chi connectivity index (χ0v) is 8.95. The van der Waals surface area contributed by atoms with Crippen molar-refractivity contribution in [1.82, 2.24) is 0 Å². The summed E-state index contributed by atoms with van der Waals surface area (Å²) in [5.74, 6) is -2.06. The molecule has 5 nitrogen and oxygen atoms in total. The fourth-order valence-corrected chi connectivity index (χ4v) is 1.28. The molecule has 0 saturated carbocycles. The van der Waals surface area contributed by atoms with Crippen molar-refractivity contribution < 1.29 is 18.8 Å². The predicted octanol–water partition coefficient (Wildman–Crippen LogP) is 2.56. The van der Waals surface area contributed by atoms with Crippen molar-refractivity contribution in [2.45, 2.75) is 6.92 Å². The maximum absolute atomic E-state index is 13.3. The highest BCUT2D eigenvalue weighted by molar-refractivity contribution is 6.34. The molecular weight excluding hydrogens is 241 g/mol. The molecule has 0 aliphatic heterocycles. The van der Waals surface area contributed by atoms with E-state index in [4.69, 9.17) is 11.6 Å². The first-order valence-corrected chi connectivity index (χ1v) is 4.66. The van der Waals surface area contributed by atoms with Gasteiger partial charge in [-0.05, 0) is 13.0 Å². The van der Waals surface area contributed by atoms with Crippen LogP contribution in [0.1, 0.15) is 17.3 Å². The van der Waals surface area contributed by atoms with Gasteiger partial charge in [0, 0.05) is 6.07 Å². The Morgan fingerprint density at radius 3 is 2.75 bits per heavy atom. The van der Waals surface area contributed by atoms with E-state index in [-0.39, 0.29) is 12.2 Å². The van der Waals surface area contributed by atoms with E-state index in [2.05, 4.69) is 4.74 Å². The number of rotatable bonds is 3. The fraction of sp³-hybridized carbons (Fsp3) is 0.222. The zero-order chi connectivity index (χ0) is 12.3. The van der Waals surface area contributed by atoms with Gasteiger partial charge in [-0.3, -0.25) is 10.1 Å². The number of esters is 1. The number of halogens is 2. The van der Waals surface area contributed by atoms with Gasteiger partial charge in [0.05, 0.1) is 22.1 Å². The number of benzene rings is 1. The summed E-state index contributed by atoms with van der Waals surface area (Å²) in [5.41, 5.74) is -1.01. The van der Waals surface area contributed by atoms with Crippen molar-refractivity contribution in [2.75, 3.05) is 6.61 Å². The van der Waals surface area contributed by atoms with Gasteiger partial charge in [0.15, 0.2) is 0 Å². The number of carbonyl (C=O) groups excluding carboxylic acids is 1. The summed E-state index contributed by atoms with van der Waals surface area (Å²) < 4.78 is 17.9. The summed E-state index contributed by atoms with van der Waals surface area (Å²) in [6.45, 7) is 1.68. The minimum absolute atomic E-state index is 0.105. The minimum Gasteiger partial charge on any atom is -0.462 e. The topological polar surface area (TPSA) is 69.4 Å². The predicted molar refractivity (Wildman–Crippen MR) is 54.0 cm³/mol. The number of ether oxygens (including phenoxy) is 1. The standard InChI is InChI=1S/C9H7ClFNO4/c1-2-16-9(13)5-3-4-6(12(14)15)8(11)7(5)10/h3-4H,2H2,1H3. The summed E-state index contributed by atoms with van der Waals surface area (Å²) in [4.78, 5) is 20.7. The van der Waals surface area contributed by atoms with Crippen LogP contribution >= 0.6 is 11.6 Å². The summed E-state index contributed by atoms with van der Waals surface area (Å²) in [7, 11) is 0. The molecule has 16 heavy (non-hydrogen) atoms. The lowest BCUT2D eigenvalue weighted by molar-refractivity contribution is -0.387. The Morgan fingerprint density at radius 2 is 2.25 bits per heavy atom. The Balaban J connectivity index is 3.21. The van der Waals surface area contributed by atoms with Crippen molar-refractivity contribution in [3.63, 3.8) is 0 Å². The molecule has 0 spiro atoms. The number of nitro groups is 1. The number of hydrogen-bond donors (Lipinski definition) is 0. The molecule has 7 heteroatoms. The second kappa shape index (κ2) is 4.89. The van der Waals surface area contributed by atoms with E-state index < -0.39 is 27.4 Å². The van der Waals surface area contributed by atoms with Crippen molar-refractivity contribution in [2.24, 2.45) is 0 Å². The Morgan fingerprint density at radius 1 is 1.62 bits per heavy atom. The van der Waals surface area contributed by atoms with E-state index >= 15 is 0 Å². The lowest BCUT2D eigenvalue weighted by Gasteiger charge is -2.04. The highest BCUT2D eigenvalue weighted by Gasteiger charge is 2.23. The Bertz CT molecular complexity index is 449. The van der Waals surface area contributed by atoms with E-state index in [1.165, 1.54) is 0 Å². The Hall–Kier alpha value is -1.69. The monoisotopic (exact) mass is 247 g/mol. The maximum atomic E-state index is 13.3. The first kappa shape index (κ1) is 12.4. The highest BCUT2D eigenvalue weighted by Crippen LogP contribution is 2.28. The molecule has 1 rings (SSSR count). The van der Waals surface area contributed by atoms with Crippen LogP contribution in [0.2, 0.25) is 5.02 Å². The molecule has 0 aromatic heterocycles. The lowest BCUT2D eigenvalue weighted by Crippen LogP contribution is -2.07. The van der Waals surface area contributed by atoms with Crippen molar-refractivity contribution in [3.8, 4) is 0 Å². The van der Waals surface area contributed by atoms with Gasteiger partial charge in [0.1, 0.15) is 0 Å². The van der Waals surface area contributed by atoms with Crippen molar-refractivity contribution in [3.05, 3.63) is 38.7 Å². The van der Waals surface area contributed by atoms with Gasteiger partial charge in [-0.1, -0.05) is 11.6 Å². The molecule has 1 aromatic carbocycles. The molecule has 0 saturated heterocycles. The van der Waals surface area contributed by atoms with Crippen LogP contribution in [0.4, 0.5) is 10.1 Å². The van der Waals surface area contributed by atoms with Crippen LogP contribution in [0, 0.1) is 15.9 Å². The van der Waals surface area contributed by atoms with E-state index in [1.807, 2.05) is 0 Å². The molecule has 0 fully saturated rings. The van der Waals surface area contributed by atoms with Crippen LogP contribution in [-0.4, -0.2) is 17.5 Å². The van der Waals surface area contributed by atoms with Gasteiger partial charge >= 0.3 is 11.7 Å². The van der Waals surface area contributed by atoms with Crippen LogP contribution in [0.15, 0.2) is 12.1 Å². The first-order chi connectivity index (χ1) is 7.49. The quantitative estimate of drug-likeness (QED) is 0.468. The largest absolute Gasteiger partial charge is 0.462 e. The fourth-order valence-electron chi connectivity index (χ4n) is 1.05. The van der Waals surface area contributed by atoms with Crippen molar-refractivity contribution in [1.29, 1.82) is 0 Å². The molecule has 0 radical (unpaired) electrons. The average molecular weight is 248 g/mol. The lowest BCUT2D eigenvalue weighted by atomic mass is 10.2. The van der Waals surface area contributed by atoms with Crippen LogP contribution in [0.25, 0.3) is 0 Å². The molecule has 0 aliphatic rings.